The summed E-state index contributed by atoms with van der Waals surface area (Å²) in [5, 5.41) is 10.4. The number of nitrogen functional groups attached to an aromatic ring is 1. The Bertz CT molecular complexity index is 766. The third kappa shape index (κ3) is 2.84. The Balaban J connectivity index is 1.68. The first-order valence-electron chi connectivity index (χ1n) is 6.66. The molecule has 0 spiro atoms. The highest BCUT2D eigenvalue weighted by atomic mass is 16.1. The van der Waals surface area contributed by atoms with Crippen molar-refractivity contribution in [1.29, 1.82) is 0 Å². The highest BCUT2D eigenvalue weighted by Crippen LogP contribution is 2.18. The van der Waals surface area contributed by atoms with E-state index < -0.39 is 0 Å². The lowest BCUT2D eigenvalue weighted by Crippen LogP contribution is -2.26. The molecule has 0 aliphatic rings. The number of hydrogen-bond acceptors (Lipinski definition) is 4. The highest BCUT2D eigenvalue weighted by molar-refractivity contribution is 6.05. The van der Waals surface area contributed by atoms with Crippen LogP contribution < -0.4 is 11.1 Å². The number of nitrogens with two attached hydrogens (primary N) is 1. The van der Waals surface area contributed by atoms with Gasteiger partial charge in [0.15, 0.2) is 5.69 Å². The summed E-state index contributed by atoms with van der Waals surface area (Å²) in [6, 6.07) is 11.0. The minimum Gasteiger partial charge on any atom is -0.399 e. The summed E-state index contributed by atoms with van der Waals surface area (Å²) >= 11 is 0. The smallest absolute Gasteiger partial charge is 0.272 e. The van der Waals surface area contributed by atoms with Crippen LogP contribution in [0.5, 0.6) is 0 Å². The second-order valence-electron chi connectivity index (χ2n) is 4.70. The van der Waals surface area contributed by atoms with Crippen LogP contribution in [-0.2, 0) is 6.42 Å². The van der Waals surface area contributed by atoms with Crippen molar-refractivity contribution in [1.82, 2.24) is 20.5 Å². The Kier molecular flexibility index (Phi) is 3.51. The second kappa shape index (κ2) is 5.62. The van der Waals surface area contributed by atoms with Gasteiger partial charge in [-0.3, -0.25) is 14.9 Å². The number of carbonyl (C=O) groups excluding carboxylic acids is 1. The fourth-order valence-electron chi connectivity index (χ4n) is 2.14. The van der Waals surface area contributed by atoms with Crippen LogP contribution in [0.3, 0.4) is 0 Å². The van der Waals surface area contributed by atoms with Gasteiger partial charge in [-0.25, -0.2) is 0 Å². The number of carbonyl (C=O) groups is 1. The number of rotatable bonds is 4. The van der Waals surface area contributed by atoms with Crippen LogP contribution in [0.1, 0.15) is 16.2 Å². The van der Waals surface area contributed by atoms with Gasteiger partial charge in [0, 0.05) is 35.9 Å². The number of benzene rings is 1. The first-order valence-corrected chi connectivity index (χ1v) is 6.66. The van der Waals surface area contributed by atoms with E-state index in [0.29, 0.717) is 24.3 Å². The van der Waals surface area contributed by atoms with Gasteiger partial charge in [0.05, 0.1) is 5.52 Å². The maximum atomic E-state index is 12.2. The Morgan fingerprint density at radius 3 is 3.00 bits per heavy atom. The fourth-order valence-corrected chi connectivity index (χ4v) is 2.14. The van der Waals surface area contributed by atoms with Gasteiger partial charge in [-0.1, -0.05) is 6.07 Å². The molecular weight excluding hydrogens is 266 g/mol. The van der Waals surface area contributed by atoms with Crippen molar-refractivity contribution in [3.8, 4) is 0 Å². The lowest BCUT2D eigenvalue weighted by Gasteiger charge is -2.03. The normalized spacial score (nSPS) is 10.7. The summed E-state index contributed by atoms with van der Waals surface area (Å²) in [5.41, 5.74) is 8.44. The van der Waals surface area contributed by atoms with Crippen LogP contribution in [0.15, 0.2) is 42.6 Å². The molecule has 0 bridgehead atoms. The molecule has 6 nitrogen and oxygen atoms in total. The number of pyridine rings is 1. The number of hydrogen-bond donors (Lipinski definition) is 3. The monoisotopic (exact) mass is 281 g/mol. The molecule has 0 atom stereocenters. The zero-order chi connectivity index (χ0) is 14.7. The van der Waals surface area contributed by atoms with E-state index in [1.807, 2.05) is 24.3 Å². The van der Waals surface area contributed by atoms with E-state index in [9.17, 15) is 4.79 Å². The summed E-state index contributed by atoms with van der Waals surface area (Å²) in [7, 11) is 0. The van der Waals surface area contributed by atoms with Gasteiger partial charge < -0.3 is 11.1 Å². The average Bonchev–Trinajstić information content (AvgIpc) is 2.91. The van der Waals surface area contributed by atoms with Crippen molar-refractivity contribution in [3.05, 3.63) is 54.0 Å². The summed E-state index contributed by atoms with van der Waals surface area (Å²) in [6.07, 6.45) is 2.41. The van der Waals surface area contributed by atoms with Crippen molar-refractivity contribution < 1.29 is 4.79 Å². The summed E-state index contributed by atoms with van der Waals surface area (Å²) in [6.45, 7) is 0.506. The van der Waals surface area contributed by atoms with E-state index in [0.717, 1.165) is 16.6 Å². The summed E-state index contributed by atoms with van der Waals surface area (Å²) < 4.78 is 0. The Morgan fingerprint density at radius 2 is 2.19 bits per heavy atom. The van der Waals surface area contributed by atoms with E-state index in [4.69, 9.17) is 5.73 Å². The molecule has 2 heterocycles. The van der Waals surface area contributed by atoms with Crippen LogP contribution >= 0.6 is 0 Å². The van der Waals surface area contributed by atoms with E-state index in [1.54, 1.807) is 18.3 Å². The predicted octanol–water partition coefficient (Wildman–Crippen LogP) is 1.51. The molecule has 0 aliphatic carbocycles. The minimum absolute atomic E-state index is 0.220. The molecule has 1 aromatic carbocycles. The third-order valence-corrected chi connectivity index (χ3v) is 3.19. The number of H-pyrrole nitrogens is 1. The quantitative estimate of drug-likeness (QED) is 0.631. The van der Waals surface area contributed by atoms with Gasteiger partial charge in [-0.05, 0) is 30.3 Å². The Hall–Kier alpha value is -2.89. The van der Waals surface area contributed by atoms with Crippen molar-refractivity contribution in [2.45, 2.75) is 6.42 Å². The average molecular weight is 281 g/mol. The van der Waals surface area contributed by atoms with Gasteiger partial charge >= 0.3 is 0 Å². The van der Waals surface area contributed by atoms with Crippen molar-refractivity contribution in [2.24, 2.45) is 0 Å². The first-order chi connectivity index (χ1) is 10.2. The zero-order valence-corrected chi connectivity index (χ0v) is 11.3. The summed E-state index contributed by atoms with van der Waals surface area (Å²) in [4.78, 5) is 16.4. The van der Waals surface area contributed by atoms with E-state index in [1.165, 1.54) is 0 Å². The van der Waals surface area contributed by atoms with Crippen LogP contribution in [0, 0.1) is 0 Å². The molecule has 3 rings (SSSR count). The third-order valence-electron chi connectivity index (χ3n) is 3.19. The Morgan fingerprint density at radius 1 is 1.29 bits per heavy atom. The topological polar surface area (TPSA) is 96.7 Å². The van der Waals surface area contributed by atoms with Crippen molar-refractivity contribution in [3.63, 3.8) is 0 Å². The number of nitrogens with zero attached hydrogens (tertiary/aromatic N) is 2. The molecule has 21 heavy (non-hydrogen) atoms. The standard InChI is InChI=1S/C15H15N5O/c16-10-4-5-13-12(9-10)14(20-19-13)15(21)18-8-6-11-3-1-2-7-17-11/h1-5,7,9H,6,8,16H2,(H,18,21)(H,19,20). The summed E-state index contributed by atoms with van der Waals surface area (Å²) in [5.74, 6) is -0.220. The molecule has 2 aromatic heterocycles. The van der Waals surface area contributed by atoms with Crippen molar-refractivity contribution in [2.75, 3.05) is 12.3 Å². The molecule has 0 radical (unpaired) electrons. The zero-order valence-electron chi connectivity index (χ0n) is 11.3. The molecule has 0 unspecified atom stereocenters. The maximum absolute atomic E-state index is 12.2. The van der Waals surface area contributed by atoms with Gasteiger partial charge in [-0.2, -0.15) is 5.10 Å². The maximum Gasteiger partial charge on any atom is 0.272 e. The van der Waals surface area contributed by atoms with E-state index in [2.05, 4.69) is 20.5 Å². The number of anilines is 1. The van der Waals surface area contributed by atoms with E-state index in [-0.39, 0.29) is 5.91 Å². The number of aromatic amines is 1. The number of amides is 1. The number of fused-ring (bicyclic) bond motifs is 1. The minimum atomic E-state index is -0.220. The lowest BCUT2D eigenvalue weighted by atomic mass is 10.2. The number of nitrogens with one attached hydrogen (secondary N) is 2. The molecule has 106 valence electrons. The van der Waals surface area contributed by atoms with Gasteiger partial charge in [-0.15, -0.1) is 0 Å². The highest BCUT2D eigenvalue weighted by Gasteiger charge is 2.13. The van der Waals surface area contributed by atoms with Crippen LogP contribution in [0.2, 0.25) is 0 Å². The fraction of sp³-hybridized carbons (Fsp3) is 0.133. The van der Waals surface area contributed by atoms with Crippen LogP contribution in [0.25, 0.3) is 10.9 Å². The Labute approximate surface area is 121 Å². The second-order valence-corrected chi connectivity index (χ2v) is 4.70. The molecule has 1 amide bonds. The molecule has 3 aromatic rings. The van der Waals surface area contributed by atoms with E-state index >= 15 is 0 Å². The largest absolute Gasteiger partial charge is 0.399 e. The molecule has 6 heteroatoms. The van der Waals surface area contributed by atoms with Gasteiger partial charge in [0.25, 0.3) is 5.91 Å². The lowest BCUT2D eigenvalue weighted by molar-refractivity contribution is 0.0950. The van der Waals surface area contributed by atoms with Crippen LogP contribution in [0.4, 0.5) is 5.69 Å². The first kappa shape index (κ1) is 13.1. The van der Waals surface area contributed by atoms with Gasteiger partial charge in [0.1, 0.15) is 0 Å². The van der Waals surface area contributed by atoms with Gasteiger partial charge in [0.2, 0.25) is 0 Å². The molecule has 0 aliphatic heterocycles. The molecule has 0 saturated heterocycles. The molecule has 0 saturated carbocycles. The molecule has 0 fully saturated rings. The molecule has 4 N–H and O–H groups in total. The number of aromatic nitrogens is 3. The SMILES string of the molecule is Nc1ccc2[nH]nc(C(=O)NCCc3ccccn3)c2c1. The predicted molar refractivity (Wildman–Crippen MR) is 80.8 cm³/mol. The van der Waals surface area contributed by atoms with Crippen LogP contribution in [-0.4, -0.2) is 27.6 Å². The van der Waals surface area contributed by atoms with Crippen molar-refractivity contribution >= 4 is 22.5 Å². The molecular formula is C15H15N5O.